The van der Waals surface area contributed by atoms with E-state index in [1.165, 1.54) is 23.5 Å². The third kappa shape index (κ3) is 4.48. The van der Waals surface area contributed by atoms with Crippen molar-refractivity contribution in [1.29, 1.82) is 0 Å². The number of rotatable bonds is 5. The molecule has 116 valence electrons. The highest BCUT2D eigenvalue weighted by Gasteiger charge is 2.12. The molecule has 0 N–H and O–H groups in total. The third-order valence-corrected chi connectivity index (χ3v) is 4.38. The van der Waals surface area contributed by atoms with E-state index in [9.17, 15) is 9.18 Å². The minimum absolute atomic E-state index is 0.160. The van der Waals surface area contributed by atoms with Crippen molar-refractivity contribution < 1.29 is 9.18 Å². The van der Waals surface area contributed by atoms with Gasteiger partial charge in [-0.1, -0.05) is 15.9 Å². The first-order chi connectivity index (χ1) is 10.5. The first kappa shape index (κ1) is 16.8. The highest BCUT2D eigenvalue weighted by Crippen LogP contribution is 2.17. The van der Waals surface area contributed by atoms with E-state index in [0.29, 0.717) is 12.1 Å². The highest BCUT2D eigenvalue weighted by atomic mass is 79.9. The lowest BCUT2D eigenvalue weighted by Gasteiger charge is -2.19. The van der Waals surface area contributed by atoms with E-state index in [4.69, 9.17) is 0 Å². The summed E-state index contributed by atoms with van der Waals surface area (Å²) in [6, 6.07) is 4.73. The molecule has 0 unspecified atom stereocenters. The van der Waals surface area contributed by atoms with Crippen LogP contribution >= 0.6 is 27.3 Å². The molecule has 6 heteroatoms. The van der Waals surface area contributed by atoms with Crippen LogP contribution in [0, 0.1) is 12.7 Å². The van der Waals surface area contributed by atoms with Gasteiger partial charge in [-0.2, -0.15) is 0 Å². The Bertz CT molecular complexity index is 699. The molecule has 1 heterocycles. The molecule has 0 spiro atoms. The fourth-order valence-corrected chi connectivity index (χ4v) is 2.92. The molecule has 3 nitrogen and oxygen atoms in total. The maximum atomic E-state index is 13.8. The summed E-state index contributed by atoms with van der Waals surface area (Å²) >= 11 is 4.85. The lowest BCUT2D eigenvalue weighted by Crippen LogP contribution is -2.29. The van der Waals surface area contributed by atoms with Crippen molar-refractivity contribution in [3.05, 3.63) is 56.2 Å². The zero-order chi connectivity index (χ0) is 16.1. The summed E-state index contributed by atoms with van der Waals surface area (Å²) in [5.41, 5.74) is 1.25. The number of carbonyl (C=O) groups is 1. The van der Waals surface area contributed by atoms with Crippen LogP contribution in [-0.4, -0.2) is 22.3 Å². The molecule has 0 saturated heterocycles. The topological polar surface area (TPSA) is 33.2 Å². The first-order valence-corrected chi connectivity index (χ1v) is 8.50. The van der Waals surface area contributed by atoms with E-state index in [-0.39, 0.29) is 18.3 Å². The molecule has 0 atom stereocenters. The van der Waals surface area contributed by atoms with Crippen LogP contribution < -0.4 is 0 Å². The number of halogens is 2. The van der Waals surface area contributed by atoms with Crippen molar-refractivity contribution >= 4 is 39.2 Å². The minimum atomic E-state index is -0.312. The van der Waals surface area contributed by atoms with E-state index in [1.807, 2.05) is 19.2 Å². The van der Waals surface area contributed by atoms with Gasteiger partial charge in [-0.3, -0.25) is 4.79 Å². The molecule has 0 radical (unpaired) electrons. The normalized spacial score (nSPS) is 11.1. The number of thiazole rings is 1. The third-order valence-electron chi connectivity index (χ3n) is 3.10. The second-order valence-corrected chi connectivity index (χ2v) is 6.69. The van der Waals surface area contributed by atoms with Crippen LogP contribution in [0.15, 0.2) is 34.1 Å². The summed E-state index contributed by atoms with van der Waals surface area (Å²) in [6.45, 7) is 4.53. The summed E-state index contributed by atoms with van der Waals surface area (Å²) in [5, 5.41) is 2.85. The van der Waals surface area contributed by atoms with Crippen LogP contribution in [0.1, 0.15) is 23.2 Å². The molecule has 2 aromatic rings. The molecule has 0 aliphatic rings. The van der Waals surface area contributed by atoms with Gasteiger partial charge in [0.25, 0.3) is 0 Å². The van der Waals surface area contributed by atoms with Crippen molar-refractivity contribution in [2.75, 3.05) is 6.54 Å². The molecule has 2 rings (SSSR count). The number of aromatic nitrogens is 1. The molecule has 0 fully saturated rings. The molecule has 0 aliphatic heterocycles. The SMILES string of the molecule is CCN(Cc1cc(Br)ccc1F)C(=O)/C=C/c1csc(C)n1. The van der Waals surface area contributed by atoms with Gasteiger partial charge in [0, 0.05) is 34.6 Å². The molecule has 1 amide bonds. The van der Waals surface area contributed by atoms with Gasteiger partial charge in [-0.05, 0) is 38.1 Å². The van der Waals surface area contributed by atoms with Crippen LogP contribution in [0.25, 0.3) is 6.08 Å². The number of amides is 1. The monoisotopic (exact) mass is 382 g/mol. The van der Waals surface area contributed by atoms with Gasteiger partial charge in [-0.25, -0.2) is 9.37 Å². The zero-order valence-electron chi connectivity index (χ0n) is 12.3. The lowest BCUT2D eigenvalue weighted by atomic mass is 10.2. The Hall–Kier alpha value is -1.53. The van der Waals surface area contributed by atoms with E-state index in [2.05, 4.69) is 20.9 Å². The largest absolute Gasteiger partial charge is 0.335 e. The minimum Gasteiger partial charge on any atom is -0.335 e. The average molecular weight is 383 g/mol. The van der Waals surface area contributed by atoms with Crippen LogP contribution in [0.5, 0.6) is 0 Å². The van der Waals surface area contributed by atoms with E-state index >= 15 is 0 Å². The smallest absolute Gasteiger partial charge is 0.246 e. The maximum absolute atomic E-state index is 13.8. The summed E-state index contributed by atoms with van der Waals surface area (Å²) in [5.74, 6) is -0.471. The summed E-state index contributed by atoms with van der Waals surface area (Å²) in [6.07, 6.45) is 3.17. The van der Waals surface area contributed by atoms with E-state index in [1.54, 1.807) is 23.1 Å². The van der Waals surface area contributed by atoms with Crippen molar-refractivity contribution in [2.24, 2.45) is 0 Å². The van der Waals surface area contributed by atoms with Crippen molar-refractivity contribution in [1.82, 2.24) is 9.88 Å². The van der Waals surface area contributed by atoms with Crippen molar-refractivity contribution in [3.8, 4) is 0 Å². The lowest BCUT2D eigenvalue weighted by molar-refractivity contribution is -0.126. The summed E-state index contributed by atoms with van der Waals surface area (Å²) in [4.78, 5) is 18.1. The number of nitrogens with zero attached hydrogens (tertiary/aromatic N) is 2. The van der Waals surface area contributed by atoms with Crippen molar-refractivity contribution in [3.63, 3.8) is 0 Å². The molecule has 0 bridgehead atoms. The molecule has 1 aromatic heterocycles. The molecule has 22 heavy (non-hydrogen) atoms. The molecule has 1 aromatic carbocycles. The number of carbonyl (C=O) groups excluding carboxylic acids is 1. The highest BCUT2D eigenvalue weighted by molar-refractivity contribution is 9.10. The average Bonchev–Trinajstić information content (AvgIpc) is 2.91. The summed E-state index contributed by atoms with van der Waals surface area (Å²) in [7, 11) is 0. The maximum Gasteiger partial charge on any atom is 0.246 e. The molecule has 0 saturated carbocycles. The fourth-order valence-electron chi connectivity index (χ4n) is 1.93. The summed E-state index contributed by atoms with van der Waals surface area (Å²) < 4.78 is 14.6. The standard InChI is InChI=1S/C16H16BrFN2OS/c1-3-20(9-12-8-13(17)4-6-15(12)18)16(21)7-5-14-10-22-11(2)19-14/h4-8,10H,3,9H2,1-2H3/b7-5+. The Morgan fingerprint density at radius 1 is 1.50 bits per heavy atom. The van der Waals surface area contributed by atoms with Gasteiger partial charge in [0.15, 0.2) is 0 Å². The van der Waals surface area contributed by atoms with Gasteiger partial charge < -0.3 is 4.90 Å². The van der Waals surface area contributed by atoms with Gasteiger partial charge in [0.1, 0.15) is 5.82 Å². The van der Waals surface area contributed by atoms with Gasteiger partial charge in [-0.15, -0.1) is 11.3 Å². The Morgan fingerprint density at radius 2 is 2.27 bits per heavy atom. The van der Waals surface area contributed by atoms with Crippen LogP contribution in [-0.2, 0) is 11.3 Å². The van der Waals surface area contributed by atoms with Gasteiger partial charge in [0.05, 0.1) is 10.7 Å². The predicted octanol–water partition coefficient (Wildman–Crippen LogP) is 4.42. The fraction of sp³-hybridized carbons (Fsp3) is 0.250. The molecular weight excluding hydrogens is 367 g/mol. The Balaban J connectivity index is 2.08. The number of hydrogen-bond acceptors (Lipinski definition) is 3. The quantitative estimate of drug-likeness (QED) is 0.717. The second kappa shape index (κ2) is 7.65. The second-order valence-electron chi connectivity index (χ2n) is 4.71. The van der Waals surface area contributed by atoms with Crippen molar-refractivity contribution in [2.45, 2.75) is 20.4 Å². The predicted molar refractivity (Wildman–Crippen MR) is 91.1 cm³/mol. The van der Waals surface area contributed by atoms with Crippen LogP contribution in [0.4, 0.5) is 4.39 Å². The molecule has 0 aliphatic carbocycles. The number of likely N-dealkylation sites (N-methyl/N-ethyl adjacent to an activating group) is 1. The Morgan fingerprint density at radius 3 is 2.91 bits per heavy atom. The number of benzene rings is 1. The Labute approximate surface area is 141 Å². The number of aryl methyl sites for hydroxylation is 1. The zero-order valence-corrected chi connectivity index (χ0v) is 14.7. The first-order valence-electron chi connectivity index (χ1n) is 6.82. The van der Waals surface area contributed by atoms with E-state index < -0.39 is 0 Å². The number of hydrogen-bond donors (Lipinski definition) is 0. The molecular formula is C16H16BrFN2OS. The van der Waals surface area contributed by atoms with E-state index in [0.717, 1.165) is 15.2 Å². The Kier molecular flexibility index (Phi) is 5.85. The van der Waals surface area contributed by atoms with Crippen LogP contribution in [0.2, 0.25) is 0 Å². The van der Waals surface area contributed by atoms with Gasteiger partial charge >= 0.3 is 0 Å². The van der Waals surface area contributed by atoms with Crippen LogP contribution in [0.3, 0.4) is 0 Å². The van der Waals surface area contributed by atoms with Gasteiger partial charge in [0.2, 0.25) is 5.91 Å².